The molecule has 1 aliphatic rings. The van der Waals surface area contributed by atoms with Crippen LogP contribution in [0.1, 0.15) is 83.7 Å². The van der Waals surface area contributed by atoms with Gasteiger partial charge in [0.15, 0.2) is 6.73 Å². The Balaban J connectivity index is 1.60. The zero-order valence-corrected chi connectivity index (χ0v) is 38.8. The second-order valence-corrected chi connectivity index (χ2v) is 18.2. The second-order valence-electron chi connectivity index (χ2n) is 16.8. The van der Waals surface area contributed by atoms with E-state index in [1.165, 1.54) is 0 Å². The van der Waals surface area contributed by atoms with Gasteiger partial charge in [0.05, 0.1) is 82.6 Å². The first-order chi connectivity index (χ1) is 30.2. The van der Waals surface area contributed by atoms with Gasteiger partial charge in [-0.1, -0.05) is 54.6 Å². The van der Waals surface area contributed by atoms with Crippen molar-refractivity contribution in [1.29, 1.82) is 10.5 Å². The Bertz CT molecular complexity index is 2040. The number of benzene rings is 3. The summed E-state index contributed by atoms with van der Waals surface area (Å²) in [7, 11) is 1.50. The highest BCUT2D eigenvalue weighted by molar-refractivity contribution is 7.44. The van der Waals surface area contributed by atoms with Gasteiger partial charge < -0.3 is 42.0 Å². The molecule has 338 valence electrons. The average molecular weight is 884 g/mol. The number of aromatic nitrogens is 2. The van der Waals surface area contributed by atoms with E-state index in [0.717, 1.165) is 16.7 Å². The summed E-state index contributed by atoms with van der Waals surface area (Å²) in [5.41, 5.74) is 1.42. The number of esters is 1. The number of methoxy groups -OCH3 is 2. The number of hydrogen-bond acceptors (Lipinski definition) is 13. The predicted molar refractivity (Wildman–Crippen MR) is 238 cm³/mol. The zero-order chi connectivity index (χ0) is 45.6. The maximum absolute atomic E-state index is 12.5. The van der Waals surface area contributed by atoms with Crippen molar-refractivity contribution in [2.24, 2.45) is 5.41 Å². The molecule has 1 unspecified atom stereocenters. The number of nitrogens with zero attached hydrogens (tertiary/aromatic N) is 5. The van der Waals surface area contributed by atoms with Crippen LogP contribution >= 0.6 is 8.53 Å². The standard InChI is InChI=1S/C48H62N5O9P/c1-34(2)53(35(3)4)63(60-28-14-26-50)62-45-43(61-42(44(45)57-27-13-25-49)29-39-30-52(32-51-39)33-58-46(54)47(5,6)7)31-59-48(36-15-11-10-12-16-36,37-17-21-40(55-8)22-18-37)38-19-23-41(56-9)24-20-38/h10-12,15-24,30,32,34-35,42-45H,13-14,27-29,31,33H2,1-9H3/t42-,43+,44-,45+,63?/m0/s1. The number of nitriles is 2. The Morgan fingerprint density at radius 1 is 0.825 bits per heavy atom. The van der Waals surface area contributed by atoms with Crippen LogP contribution < -0.4 is 9.47 Å². The molecular formula is C48H62N5O9P. The number of imidazole rings is 1. The summed E-state index contributed by atoms with van der Waals surface area (Å²) in [6, 6.07) is 30.1. The Morgan fingerprint density at radius 2 is 1.40 bits per heavy atom. The van der Waals surface area contributed by atoms with E-state index in [4.69, 9.17) is 37.5 Å². The lowest BCUT2D eigenvalue weighted by Crippen LogP contribution is -2.43. The first-order valence-electron chi connectivity index (χ1n) is 21.3. The largest absolute Gasteiger partial charge is 0.497 e. The first kappa shape index (κ1) is 49.1. The van der Waals surface area contributed by atoms with Crippen LogP contribution in [0.25, 0.3) is 0 Å². The van der Waals surface area contributed by atoms with Crippen LogP contribution in [0.4, 0.5) is 0 Å². The summed E-state index contributed by atoms with van der Waals surface area (Å²) in [5.74, 6) is 1.07. The van der Waals surface area contributed by atoms with Gasteiger partial charge in [0, 0.05) is 24.7 Å². The highest BCUT2D eigenvalue weighted by atomic mass is 31.2. The van der Waals surface area contributed by atoms with Crippen molar-refractivity contribution in [3.8, 4) is 23.6 Å². The molecule has 1 saturated heterocycles. The summed E-state index contributed by atoms with van der Waals surface area (Å²) in [6.45, 7) is 14.0. The Hall–Kier alpha value is -4.89. The van der Waals surface area contributed by atoms with Gasteiger partial charge in [-0.15, -0.1) is 0 Å². The normalized spacial score (nSPS) is 18.3. The van der Waals surface area contributed by atoms with Crippen LogP contribution in [0.3, 0.4) is 0 Å². The monoisotopic (exact) mass is 883 g/mol. The Morgan fingerprint density at radius 3 is 1.94 bits per heavy atom. The van der Waals surface area contributed by atoms with Crippen LogP contribution in [-0.2, 0) is 51.5 Å². The fourth-order valence-electron chi connectivity index (χ4n) is 7.49. The van der Waals surface area contributed by atoms with E-state index >= 15 is 0 Å². The van der Waals surface area contributed by atoms with Crippen LogP contribution in [-0.4, -0.2) is 90.7 Å². The molecule has 3 aromatic carbocycles. The molecular weight excluding hydrogens is 822 g/mol. The molecule has 2 heterocycles. The molecule has 0 bridgehead atoms. The Kier molecular flexibility index (Phi) is 18.1. The predicted octanol–water partition coefficient (Wildman–Crippen LogP) is 8.73. The molecule has 0 radical (unpaired) electrons. The number of ether oxygens (including phenoxy) is 6. The van der Waals surface area contributed by atoms with Gasteiger partial charge in [-0.2, -0.15) is 10.5 Å². The third kappa shape index (κ3) is 12.6. The van der Waals surface area contributed by atoms with E-state index in [9.17, 15) is 15.3 Å². The number of carbonyl (C=O) groups is 1. The van der Waals surface area contributed by atoms with Crippen LogP contribution in [0.15, 0.2) is 91.4 Å². The fourth-order valence-corrected chi connectivity index (χ4v) is 9.26. The minimum atomic E-state index is -1.77. The fraction of sp³-hybridized carbons (Fsp3) is 0.500. The smallest absolute Gasteiger partial charge is 0.312 e. The Labute approximate surface area is 373 Å². The molecule has 0 saturated carbocycles. The first-order valence-corrected chi connectivity index (χ1v) is 22.4. The molecule has 1 aliphatic heterocycles. The van der Waals surface area contributed by atoms with Gasteiger partial charge in [0.25, 0.3) is 8.53 Å². The molecule has 0 aliphatic carbocycles. The molecule has 0 spiro atoms. The highest BCUT2D eigenvalue weighted by Crippen LogP contribution is 2.50. The molecule has 63 heavy (non-hydrogen) atoms. The lowest BCUT2D eigenvalue weighted by Gasteiger charge is -2.39. The molecule has 4 aromatic rings. The summed E-state index contributed by atoms with van der Waals surface area (Å²) < 4.78 is 55.1. The maximum atomic E-state index is 12.5. The minimum absolute atomic E-state index is 0.00177. The van der Waals surface area contributed by atoms with Crippen molar-refractivity contribution in [3.63, 3.8) is 0 Å². The highest BCUT2D eigenvalue weighted by Gasteiger charge is 2.50. The summed E-state index contributed by atoms with van der Waals surface area (Å²) in [5, 5.41) is 19.1. The molecule has 0 N–H and O–H groups in total. The average Bonchev–Trinajstić information content (AvgIpc) is 3.86. The summed E-state index contributed by atoms with van der Waals surface area (Å²) in [6.07, 6.45) is 1.25. The molecule has 1 aromatic heterocycles. The van der Waals surface area contributed by atoms with E-state index in [1.54, 1.807) is 45.9 Å². The number of hydrogen-bond donors (Lipinski definition) is 0. The summed E-state index contributed by atoms with van der Waals surface area (Å²) >= 11 is 0. The van der Waals surface area contributed by atoms with Gasteiger partial charge >= 0.3 is 5.97 Å². The molecule has 14 nitrogen and oxygen atoms in total. The second kappa shape index (κ2) is 23.2. The SMILES string of the molecule is COc1ccc(C(OC[C@H]2O[C@@H](Cc3cn(COC(=O)C(C)(C)C)cn3)[C@H](OCCC#N)[C@@H]2OP(OCCC#N)N(C(C)C)C(C)C)(c2ccccc2)c2ccc(OC)cc2)cc1. The zero-order valence-electron chi connectivity index (χ0n) is 37.9. The van der Waals surface area contributed by atoms with Crippen LogP contribution in [0, 0.1) is 28.1 Å². The van der Waals surface area contributed by atoms with E-state index in [-0.39, 0.29) is 57.4 Å². The van der Waals surface area contributed by atoms with Crippen molar-refractivity contribution >= 4 is 14.5 Å². The van der Waals surface area contributed by atoms with Gasteiger partial charge in [0.1, 0.15) is 35.4 Å². The van der Waals surface area contributed by atoms with Gasteiger partial charge in [-0.3, -0.25) is 4.79 Å². The maximum Gasteiger partial charge on any atom is 0.312 e. The molecule has 0 amide bonds. The van der Waals surface area contributed by atoms with Crippen molar-refractivity contribution in [2.45, 2.75) is 117 Å². The minimum Gasteiger partial charge on any atom is -0.497 e. The van der Waals surface area contributed by atoms with E-state index < -0.39 is 44.0 Å². The van der Waals surface area contributed by atoms with Crippen molar-refractivity contribution in [1.82, 2.24) is 14.2 Å². The molecule has 5 atom stereocenters. The third-order valence-corrected chi connectivity index (χ3v) is 12.6. The third-order valence-electron chi connectivity index (χ3n) is 10.5. The molecule has 15 heteroatoms. The number of carbonyl (C=O) groups excluding carboxylic acids is 1. The van der Waals surface area contributed by atoms with E-state index in [1.807, 2.05) is 85.1 Å². The van der Waals surface area contributed by atoms with Gasteiger partial charge in [-0.25, -0.2) is 9.65 Å². The van der Waals surface area contributed by atoms with E-state index in [0.29, 0.717) is 23.6 Å². The van der Waals surface area contributed by atoms with Crippen molar-refractivity contribution in [2.75, 3.05) is 34.0 Å². The van der Waals surface area contributed by atoms with Gasteiger partial charge in [0.2, 0.25) is 0 Å². The number of rotatable bonds is 23. The topological polar surface area (TPSA) is 160 Å². The lowest BCUT2D eigenvalue weighted by atomic mass is 9.80. The van der Waals surface area contributed by atoms with Crippen LogP contribution in [0.5, 0.6) is 11.5 Å². The van der Waals surface area contributed by atoms with Crippen LogP contribution in [0.2, 0.25) is 0 Å². The molecule has 5 rings (SSSR count). The molecule has 1 fully saturated rings. The van der Waals surface area contributed by atoms with Crippen molar-refractivity contribution < 1.29 is 42.3 Å². The van der Waals surface area contributed by atoms with Crippen molar-refractivity contribution in [3.05, 3.63) is 114 Å². The summed E-state index contributed by atoms with van der Waals surface area (Å²) in [4.78, 5) is 17.2. The lowest BCUT2D eigenvalue weighted by molar-refractivity contribution is -0.156. The van der Waals surface area contributed by atoms with E-state index in [2.05, 4.69) is 49.5 Å². The quantitative estimate of drug-likeness (QED) is 0.0302. The van der Waals surface area contributed by atoms with Gasteiger partial charge in [-0.05, 0) is 89.4 Å².